The van der Waals surface area contributed by atoms with Gasteiger partial charge in [0.15, 0.2) is 0 Å². The summed E-state index contributed by atoms with van der Waals surface area (Å²) in [7, 11) is -4.14. The van der Waals surface area contributed by atoms with Crippen molar-refractivity contribution in [1.82, 2.24) is 4.98 Å². The first-order chi connectivity index (χ1) is 6.32. The van der Waals surface area contributed by atoms with E-state index in [1.54, 1.807) is 22.6 Å². The van der Waals surface area contributed by atoms with Crippen LogP contribution in [0.1, 0.15) is 12.1 Å². The highest BCUT2D eigenvalue weighted by Gasteiger charge is 2.22. The van der Waals surface area contributed by atoms with Gasteiger partial charge in [-0.1, -0.05) is 0 Å². The van der Waals surface area contributed by atoms with Crippen LogP contribution >= 0.6 is 22.6 Å². The van der Waals surface area contributed by atoms with Crippen LogP contribution in [0.3, 0.4) is 0 Å². The van der Waals surface area contributed by atoms with Gasteiger partial charge < -0.3 is 0 Å². The average molecular weight is 334 g/mol. The smallest absolute Gasteiger partial charge is 0.239 e. The van der Waals surface area contributed by atoms with Crippen LogP contribution in [0.25, 0.3) is 0 Å². The molecular weight excluding hydrogens is 329 g/mol. The van der Waals surface area contributed by atoms with Crippen LogP contribution in [0.4, 0.5) is 8.78 Å². The number of alkyl halides is 2. The molecule has 14 heavy (non-hydrogen) atoms. The quantitative estimate of drug-likeness (QED) is 0.654. The fourth-order valence-corrected chi connectivity index (χ4v) is 1.96. The van der Waals surface area contributed by atoms with Crippen LogP contribution in [0.5, 0.6) is 0 Å². The van der Waals surface area contributed by atoms with Gasteiger partial charge in [0.25, 0.3) is 6.43 Å². The minimum absolute atomic E-state index is 0.283. The van der Waals surface area contributed by atoms with Gasteiger partial charge in [-0.25, -0.2) is 27.3 Å². The zero-order valence-electron chi connectivity index (χ0n) is 6.62. The summed E-state index contributed by atoms with van der Waals surface area (Å²) < 4.78 is 46.7. The van der Waals surface area contributed by atoms with Crippen molar-refractivity contribution in [3.05, 3.63) is 21.5 Å². The molecule has 1 rings (SSSR count). The highest BCUT2D eigenvalue weighted by atomic mass is 127. The molecule has 0 unspecified atom stereocenters. The SMILES string of the molecule is NS(=O)(=O)c1ccc(I)nc1C(F)F. The van der Waals surface area contributed by atoms with Gasteiger partial charge in [0.05, 0.1) is 0 Å². The molecule has 0 amide bonds. The van der Waals surface area contributed by atoms with Crippen LogP contribution in [0.15, 0.2) is 17.0 Å². The molecule has 0 aliphatic heterocycles. The number of halogens is 3. The molecule has 0 fully saturated rings. The topological polar surface area (TPSA) is 73.1 Å². The van der Waals surface area contributed by atoms with Crippen LogP contribution in [0, 0.1) is 3.70 Å². The zero-order valence-corrected chi connectivity index (χ0v) is 9.59. The van der Waals surface area contributed by atoms with E-state index in [2.05, 4.69) is 4.98 Å². The molecule has 78 valence electrons. The van der Waals surface area contributed by atoms with E-state index in [1.165, 1.54) is 6.07 Å². The second kappa shape index (κ2) is 4.03. The van der Waals surface area contributed by atoms with Crippen molar-refractivity contribution in [2.75, 3.05) is 0 Å². The Hall–Kier alpha value is -0.350. The molecule has 8 heteroatoms. The van der Waals surface area contributed by atoms with E-state index in [0.29, 0.717) is 0 Å². The number of primary sulfonamides is 1. The molecular formula is C6H5F2IN2O2S. The number of nitrogens with two attached hydrogens (primary N) is 1. The number of sulfonamides is 1. The number of hydrogen-bond donors (Lipinski definition) is 1. The Bertz CT molecular complexity index is 449. The van der Waals surface area contributed by atoms with E-state index in [0.717, 1.165) is 6.07 Å². The van der Waals surface area contributed by atoms with Crippen molar-refractivity contribution in [3.63, 3.8) is 0 Å². The van der Waals surface area contributed by atoms with Gasteiger partial charge in [-0.15, -0.1) is 0 Å². The molecule has 0 saturated carbocycles. The van der Waals surface area contributed by atoms with Crippen molar-refractivity contribution in [2.24, 2.45) is 5.14 Å². The maximum atomic E-state index is 12.4. The first-order valence-electron chi connectivity index (χ1n) is 3.30. The van der Waals surface area contributed by atoms with E-state index >= 15 is 0 Å². The van der Waals surface area contributed by atoms with Gasteiger partial charge in [0, 0.05) is 0 Å². The van der Waals surface area contributed by atoms with Crippen LogP contribution < -0.4 is 5.14 Å². The molecule has 1 heterocycles. The summed E-state index contributed by atoms with van der Waals surface area (Å²) in [6, 6.07) is 2.32. The second-order valence-electron chi connectivity index (χ2n) is 2.36. The van der Waals surface area contributed by atoms with Crippen molar-refractivity contribution >= 4 is 32.6 Å². The predicted octanol–water partition coefficient (Wildman–Crippen LogP) is 1.27. The van der Waals surface area contributed by atoms with Gasteiger partial charge in [-0.2, -0.15) is 0 Å². The summed E-state index contributed by atoms with van der Waals surface area (Å²) in [5.41, 5.74) is -0.806. The third-order valence-electron chi connectivity index (χ3n) is 1.37. The summed E-state index contributed by atoms with van der Waals surface area (Å²) in [5, 5.41) is 4.74. The van der Waals surface area contributed by atoms with Crippen molar-refractivity contribution in [3.8, 4) is 0 Å². The van der Waals surface area contributed by atoms with Crippen molar-refractivity contribution in [2.45, 2.75) is 11.3 Å². The van der Waals surface area contributed by atoms with E-state index in [9.17, 15) is 17.2 Å². The third kappa shape index (κ3) is 2.58. The van der Waals surface area contributed by atoms with Gasteiger partial charge in [0.1, 0.15) is 14.3 Å². The van der Waals surface area contributed by atoms with E-state index in [1.807, 2.05) is 0 Å². The number of rotatable bonds is 2. The number of hydrogen-bond acceptors (Lipinski definition) is 3. The molecule has 0 aliphatic carbocycles. The molecule has 2 N–H and O–H groups in total. The normalized spacial score (nSPS) is 12.1. The van der Waals surface area contributed by atoms with Gasteiger partial charge in [-0.05, 0) is 34.7 Å². The van der Waals surface area contributed by atoms with Gasteiger partial charge in [-0.3, -0.25) is 0 Å². The van der Waals surface area contributed by atoms with Crippen molar-refractivity contribution < 1.29 is 17.2 Å². The summed E-state index contributed by atoms with van der Waals surface area (Å²) in [4.78, 5) is 2.79. The maximum absolute atomic E-state index is 12.4. The standard InChI is InChI=1S/C6H5F2IN2O2S/c7-6(8)5-3(14(10,12)13)1-2-4(9)11-5/h1-2,6H,(H2,10,12,13). The van der Waals surface area contributed by atoms with E-state index < -0.39 is 27.0 Å². The fourth-order valence-electron chi connectivity index (χ4n) is 0.834. The highest BCUT2D eigenvalue weighted by molar-refractivity contribution is 14.1. The molecule has 0 atom stereocenters. The van der Waals surface area contributed by atoms with Gasteiger partial charge in [0.2, 0.25) is 10.0 Å². The minimum Gasteiger partial charge on any atom is -0.239 e. The summed E-state index contributed by atoms with van der Waals surface area (Å²) in [5.74, 6) is 0. The largest absolute Gasteiger partial charge is 0.281 e. The van der Waals surface area contributed by atoms with E-state index in [-0.39, 0.29) is 3.70 Å². The number of nitrogens with zero attached hydrogens (tertiary/aromatic N) is 1. The fraction of sp³-hybridized carbons (Fsp3) is 0.167. The molecule has 4 nitrogen and oxygen atoms in total. The first kappa shape index (κ1) is 11.7. The predicted molar refractivity (Wildman–Crippen MR) is 53.3 cm³/mol. The number of aromatic nitrogens is 1. The zero-order chi connectivity index (χ0) is 10.9. The summed E-state index contributed by atoms with van der Waals surface area (Å²) in [6.45, 7) is 0. The second-order valence-corrected chi connectivity index (χ2v) is 5.00. The Morgan fingerprint density at radius 2 is 2.00 bits per heavy atom. The number of pyridine rings is 1. The molecule has 0 saturated heterocycles. The Kier molecular flexibility index (Phi) is 3.37. The Morgan fingerprint density at radius 3 is 2.43 bits per heavy atom. The maximum Gasteiger partial charge on any atom is 0.281 e. The minimum atomic E-state index is -4.14. The van der Waals surface area contributed by atoms with Crippen LogP contribution in [0.2, 0.25) is 0 Å². The average Bonchev–Trinajstić information content (AvgIpc) is 2.01. The first-order valence-corrected chi connectivity index (χ1v) is 5.92. The summed E-state index contributed by atoms with van der Waals surface area (Å²) in [6.07, 6.45) is -2.96. The lowest BCUT2D eigenvalue weighted by Crippen LogP contribution is -2.16. The lowest BCUT2D eigenvalue weighted by Gasteiger charge is -2.05. The van der Waals surface area contributed by atoms with E-state index in [4.69, 9.17) is 5.14 Å². The molecule has 0 spiro atoms. The lowest BCUT2D eigenvalue weighted by molar-refractivity contribution is 0.142. The monoisotopic (exact) mass is 334 g/mol. The third-order valence-corrected chi connectivity index (χ3v) is 2.92. The van der Waals surface area contributed by atoms with Crippen LogP contribution in [-0.2, 0) is 10.0 Å². The Labute approximate surface area is 92.7 Å². The van der Waals surface area contributed by atoms with Crippen molar-refractivity contribution in [1.29, 1.82) is 0 Å². The Balaban J connectivity index is 3.45. The van der Waals surface area contributed by atoms with Gasteiger partial charge >= 0.3 is 0 Å². The molecule has 1 aromatic rings. The molecule has 0 aromatic carbocycles. The molecule has 1 aromatic heterocycles. The Morgan fingerprint density at radius 1 is 1.43 bits per heavy atom. The molecule has 0 aliphatic rings. The van der Waals surface area contributed by atoms with Crippen LogP contribution in [-0.4, -0.2) is 13.4 Å². The lowest BCUT2D eigenvalue weighted by atomic mass is 10.4. The highest BCUT2D eigenvalue weighted by Crippen LogP contribution is 2.24. The molecule has 0 radical (unpaired) electrons. The summed E-state index contributed by atoms with van der Waals surface area (Å²) >= 11 is 1.70. The molecule has 0 bridgehead atoms.